The van der Waals surface area contributed by atoms with Crippen LogP contribution in [0.25, 0.3) is 6.08 Å². The fourth-order valence-corrected chi connectivity index (χ4v) is 5.10. The van der Waals surface area contributed by atoms with Crippen molar-refractivity contribution in [2.24, 2.45) is 5.92 Å². The molecule has 1 amide bonds. The van der Waals surface area contributed by atoms with E-state index in [9.17, 15) is 14.7 Å². The molecule has 1 aromatic rings. The zero-order valence-electron chi connectivity index (χ0n) is 20.7. The molecule has 1 aromatic carbocycles. The van der Waals surface area contributed by atoms with Crippen molar-refractivity contribution in [2.75, 3.05) is 13.2 Å². The van der Waals surface area contributed by atoms with E-state index < -0.39 is 12.0 Å². The van der Waals surface area contributed by atoms with Crippen molar-refractivity contribution >= 4 is 46.3 Å². The van der Waals surface area contributed by atoms with Gasteiger partial charge in [0.05, 0.1) is 18.1 Å². The minimum absolute atomic E-state index is 0.216. The molecule has 0 aromatic heterocycles. The molecule has 1 saturated heterocycles. The fourth-order valence-electron chi connectivity index (χ4n) is 3.77. The molecule has 6 nitrogen and oxygen atoms in total. The van der Waals surface area contributed by atoms with Crippen LogP contribution in [-0.4, -0.2) is 45.5 Å². The van der Waals surface area contributed by atoms with E-state index in [1.807, 2.05) is 39.0 Å². The number of amides is 1. The molecule has 1 N–H and O–H groups in total. The molecule has 188 valence electrons. The number of carbonyl (C=O) groups is 2. The maximum Gasteiger partial charge on any atom is 0.327 e. The summed E-state index contributed by atoms with van der Waals surface area (Å²) in [6.45, 7) is 8.97. The third-order valence-electron chi connectivity index (χ3n) is 5.86. The number of thiocarbonyl (C=S) groups is 1. The lowest BCUT2D eigenvalue weighted by atomic mass is 9.98. The highest BCUT2D eigenvalue weighted by Crippen LogP contribution is 2.37. The maximum atomic E-state index is 13.1. The average Bonchev–Trinajstić information content (AvgIpc) is 3.07. The lowest BCUT2D eigenvalue weighted by Crippen LogP contribution is -2.47. The van der Waals surface area contributed by atoms with Crippen molar-refractivity contribution < 1.29 is 24.2 Å². The molecule has 1 aliphatic heterocycles. The van der Waals surface area contributed by atoms with Crippen LogP contribution in [0.15, 0.2) is 23.1 Å². The number of carbonyl (C=O) groups excluding carboxylic acids is 1. The lowest BCUT2D eigenvalue weighted by molar-refractivity contribution is -0.147. The van der Waals surface area contributed by atoms with Gasteiger partial charge in [-0.15, -0.1) is 0 Å². The Morgan fingerprint density at radius 3 is 2.47 bits per heavy atom. The summed E-state index contributed by atoms with van der Waals surface area (Å²) in [5.41, 5.74) is 0.770. The van der Waals surface area contributed by atoms with Crippen LogP contribution in [0.2, 0.25) is 0 Å². The number of ether oxygens (including phenoxy) is 2. The Kier molecular flexibility index (Phi) is 11.9. The first-order valence-corrected chi connectivity index (χ1v) is 13.5. The maximum absolute atomic E-state index is 13.1. The molecule has 8 heteroatoms. The van der Waals surface area contributed by atoms with Gasteiger partial charge in [0.15, 0.2) is 11.5 Å². The molecular formula is C26H37NO5S2. The molecule has 1 heterocycles. The second-order valence-electron chi connectivity index (χ2n) is 8.48. The molecule has 0 radical (unpaired) electrons. The summed E-state index contributed by atoms with van der Waals surface area (Å²) < 4.78 is 12.0. The number of nitrogens with zero attached hydrogens (tertiary/aromatic N) is 1. The number of rotatable bonds is 15. The van der Waals surface area contributed by atoms with Gasteiger partial charge < -0.3 is 14.6 Å². The SMILES string of the molecule is CCCCCCCCOc1ccc(/C=C2/SC(=S)N([C@@H](C(=O)O)[C@H](C)CC)C2=O)cc1OCC. The van der Waals surface area contributed by atoms with E-state index in [-0.39, 0.29) is 16.1 Å². The second kappa shape index (κ2) is 14.4. The van der Waals surface area contributed by atoms with Crippen LogP contribution < -0.4 is 9.47 Å². The van der Waals surface area contributed by atoms with Gasteiger partial charge in [0.1, 0.15) is 10.4 Å². The lowest BCUT2D eigenvalue weighted by Gasteiger charge is -2.27. The third kappa shape index (κ3) is 7.73. The number of aliphatic carboxylic acids is 1. The molecule has 0 aliphatic carbocycles. The zero-order chi connectivity index (χ0) is 25.1. The average molecular weight is 508 g/mol. The molecule has 2 rings (SSSR count). The van der Waals surface area contributed by atoms with Crippen molar-refractivity contribution in [1.29, 1.82) is 0 Å². The predicted molar refractivity (Wildman–Crippen MR) is 142 cm³/mol. The van der Waals surface area contributed by atoms with Gasteiger partial charge in [-0.05, 0) is 43.0 Å². The third-order valence-corrected chi connectivity index (χ3v) is 7.19. The minimum atomic E-state index is -1.04. The standard InChI is InChI=1S/C26H37NO5S2/c1-5-8-9-10-11-12-15-32-20-14-13-19(16-21(20)31-7-3)17-22-24(28)27(26(33)34-22)23(25(29)30)18(4)6-2/h13-14,16-18,23H,5-12,15H2,1-4H3,(H,29,30)/b22-17+/t18-,23-/m1/s1. The molecule has 34 heavy (non-hydrogen) atoms. The summed E-state index contributed by atoms with van der Waals surface area (Å²) in [7, 11) is 0. The summed E-state index contributed by atoms with van der Waals surface area (Å²) in [6.07, 6.45) is 9.53. The van der Waals surface area contributed by atoms with E-state index >= 15 is 0 Å². The van der Waals surface area contributed by atoms with E-state index in [1.165, 1.54) is 30.6 Å². The first-order chi connectivity index (χ1) is 16.3. The number of carboxylic acid groups (broad SMARTS) is 1. The van der Waals surface area contributed by atoms with Crippen molar-refractivity contribution in [3.8, 4) is 11.5 Å². The van der Waals surface area contributed by atoms with E-state index in [4.69, 9.17) is 21.7 Å². The van der Waals surface area contributed by atoms with Gasteiger partial charge in [-0.1, -0.05) is 89.3 Å². The van der Waals surface area contributed by atoms with Crippen molar-refractivity contribution in [3.05, 3.63) is 28.7 Å². The van der Waals surface area contributed by atoms with Crippen LogP contribution in [0.5, 0.6) is 11.5 Å². The van der Waals surface area contributed by atoms with E-state index in [0.29, 0.717) is 36.0 Å². The first-order valence-electron chi connectivity index (χ1n) is 12.2. The normalized spacial score (nSPS) is 16.7. The summed E-state index contributed by atoms with van der Waals surface area (Å²) in [5, 5.41) is 9.70. The van der Waals surface area contributed by atoms with Crippen molar-refractivity contribution in [2.45, 2.75) is 78.7 Å². The van der Waals surface area contributed by atoms with E-state index in [1.54, 1.807) is 6.08 Å². The monoisotopic (exact) mass is 507 g/mol. The Bertz CT molecular complexity index is 886. The highest BCUT2D eigenvalue weighted by atomic mass is 32.2. The molecule has 0 spiro atoms. The minimum Gasteiger partial charge on any atom is -0.490 e. The molecule has 2 atom stereocenters. The molecule has 0 saturated carbocycles. The molecular weight excluding hydrogens is 470 g/mol. The van der Waals surface area contributed by atoms with Crippen LogP contribution in [0.1, 0.15) is 78.2 Å². The summed E-state index contributed by atoms with van der Waals surface area (Å²) in [6, 6.07) is 4.60. The Hall–Kier alpha value is -2.06. The quantitative estimate of drug-likeness (QED) is 0.164. The first kappa shape index (κ1) is 28.2. The van der Waals surface area contributed by atoms with Gasteiger partial charge in [-0.3, -0.25) is 9.69 Å². The summed E-state index contributed by atoms with van der Waals surface area (Å²) >= 11 is 6.51. The van der Waals surface area contributed by atoms with Crippen LogP contribution in [-0.2, 0) is 9.59 Å². The van der Waals surface area contributed by atoms with E-state index in [2.05, 4.69) is 6.92 Å². The fraction of sp³-hybridized carbons (Fsp3) is 0.577. The highest BCUT2D eigenvalue weighted by Gasteiger charge is 2.42. The summed E-state index contributed by atoms with van der Waals surface area (Å²) in [4.78, 5) is 26.6. The molecule has 1 fully saturated rings. The number of unbranched alkanes of at least 4 members (excludes halogenated alkanes) is 5. The van der Waals surface area contributed by atoms with Gasteiger partial charge in [0.25, 0.3) is 5.91 Å². The van der Waals surface area contributed by atoms with Crippen LogP contribution in [0.4, 0.5) is 0 Å². The Labute approximate surface area is 213 Å². The van der Waals surface area contributed by atoms with Gasteiger partial charge in [-0.2, -0.15) is 0 Å². The molecule has 0 unspecified atom stereocenters. The second-order valence-corrected chi connectivity index (χ2v) is 10.2. The van der Waals surface area contributed by atoms with Crippen LogP contribution in [0, 0.1) is 5.92 Å². The van der Waals surface area contributed by atoms with E-state index in [0.717, 1.165) is 30.2 Å². The number of benzene rings is 1. The number of hydrogen-bond acceptors (Lipinski definition) is 6. The smallest absolute Gasteiger partial charge is 0.327 e. The number of hydrogen-bond donors (Lipinski definition) is 1. The van der Waals surface area contributed by atoms with Gasteiger partial charge >= 0.3 is 5.97 Å². The van der Waals surface area contributed by atoms with Gasteiger partial charge in [-0.25, -0.2) is 4.79 Å². The highest BCUT2D eigenvalue weighted by molar-refractivity contribution is 8.26. The van der Waals surface area contributed by atoms with Crippen molar-refractivity contribution in [3.63, 3.8) is 0 Å². The molecule has 0 bridgehead atoms. The topological polar surface area (TPSA) is 76.1 Å². The Morgan fingerprint density at radius 2 is 1.82 bits per heavy atom. The summed E-state index contributed by atoms with van der Waals surface area (Å²) in [5.74, 6) is -0.322. The van der Waals surface area contributed by atoms with Crippen LogP contribution >= 0.6 is 24.0 Å². The number of carboxylic acids is 1. The van der Waals surface area contributed by atoms with Crippen molar-refractivity contribution in [1.82, 2.24) is 4.90 Å². The Balaban J connectivity index is 2.12. The molecule has 1 aliphatic rings. The van der Waals surface area contributed by atoms with Crippen LogP contribution in [0.3, 0.4) is 0 Å². The predicted octanol–water partition coefficient (Wildman–Crippen LogP) is 6.53. The van der Waals surface area contributed by atoms with Gasteiger partial charge in [0.2, 0.25) is 0 Å². The Morgan fingerprint density at radius 1 is 1.12 bits per heavy atom. The van der Waals surface area contributed by atoms with Gasteiger partial charge in [0, 0.05) is 0 Å². The largest absolute Gasteiger partial charge is 0.490 e. The number of thioether (sulfide) groups is 1. The zero-order valence-corrected chi connectivity index (χ0v) is 22.3.